The molecule has 0 radical (unpaired) electrons. The lowest BCUT2D eigenvalue weighted by atomic mass is 10.3. The summed E-state index contributed by atoms with van der Waals surface area (Å²) in [4.78, 5) is 7.69. The fraction of sp³-hybridized carbons (Fsp3) is 0. The van der Waals surface area contributed by atoms with Crippen LogP contribution in [0.15, 0.2) is 34.9 Å². The number of benzene rings is 1. The zero-order chi connectivity index (χ0) is 13.1. The van der Waals surface area contributed by atoms with Crippen LogP contribution in [0, 0.1) is 11.2 Å². The van der Waals surface area contributed by atoms with E-state index in [1.54, 1.807) is 6.07 Å². The molecular weight excluding hydrogens is 303 g/mol. The van der Waals surface area contributed by atoms with Crippen molar-refractivity contribution in [3.63, 3.8) is 0 Å². The van der Waals surface area contributed by atoms with Gasteiger partial charge in [-0.15, -0.1) is 0 Å². The van der Waals surface area contributed by atoms with E-state index in [4.69, 9.17) is 15.9 Å². The molecule has 18 heavy (non-hydrogen) atoms. The minimum absolute atomic E-state index is 0.00919. The van der Waals surface area contributed by atoms with Gasteiger partial charge in [-0.05, 0) is 24.3 Å². The summed E-state index contributed by atoms with van der Waals surface area (Å²) in [5.41, 5.74) is 5.50. The number of nitrogens with one attached hydrogen (secondary N) is 1. The van der Waals surface area contributed by atoms with Gasteiger partial charge in [0.15, 0.2) is 11.6 Å². The Hall–Kier alpha value is -2.02. The fourth-order valence-electron chi connectivity index (χ4n) is 1.19. The molecule has 1 aromatic carbocycles. The first-order valence-electron chi connectivity index (χ1n) is 4.86. The highest BCUT2D eigenvalue weighted by molar-refractivity contribution is 9.10. The molecule has 5 nitrogen and oxygen atoms in total. The Labute approximate surface area is 110 Å². The Morgan fingerprint density at radius 1 is 1.39 bits per heavy atom. The summed E-state index contributed by atoms with van der Waals surface area (Å²) in [5.74, 6) is -0.753. The zero-order valence-electron chi connectivity index (χ0n) is 9.02. The monoisotopic (exact) mass is 310 g/mol. The third-order valence-electron chi connectivity index (χ3n) is 2.00. The minimum atomic E-state index is -0.532. The van der Waals surface area contributed by atoms with Crippen molar-refractivity contribution in [2.45, 2.75) is 0 Å². The number of hydrogen-bond acceptors (Lipinski definition) is 4. The van der Waals surface area contributed by atoms with Gasteiger partial charge in [-0.1, -0.05) is 15.9 Å². The number of rotatable bonds is 3. The van der Waals surface area contributed by atoms with E-state index in [-0.39, 0.29) is 23.3 Å². The van der Waals surface area contributed by atoms with Crippen LogP contribution in [0.2, 0.25) is 0 Å². The van der Waals surface area contributed by atoms with Crippen LogP contribution < -0.4 is 10.5 Å². The van der Waals surface area contributed by atoms with Gasteiger partial charge in [-0.25, -0.2) is 9.37 Å². The Balaban J connectivity index is 2.31. The smallest absolute Gasteiger partial charge is 0.322 e. The molecule has 7 heteroatoms. The quantitative estimate of drug-likeness (QED) is 0.673. The molecule has 0 saturated heterocycles. The number of nitrogens with zero attached hydrogens (tertiary/aromatic N) is 2. The summed E-state index contributed by atoms with van der Waals surface area (Å²) in [6, 6.07) is 5.66. The molecule has 0 fully saturated rings. The molecule has 0 spiro atoms. The van der Waals surface area contributed by atoms with Crippen LogP contribution in [0.1, 0.15) is 5.69 Å². The van der Waals surface area contributed by atoms with Crippen molar-refractivity contribution in [2.75, 3.05) is 0 Å². The van der Waals surface area contributed by atoms with Crippen LogP contribution in [-0.4, -0.2) is 15.8 Å². The highest BCUT2D eigenvalue weighted by Gasteiger charge is 2.08. The molecule has 3 N–H and O–H groups in total. The predicted octanol–water partition coefficient (Wildman–Crippen LogP) is 2.45. The molecule has 0 aliphatic carbocycles. The first-order chi connectivity index (χ1) is 8.56. The van der Waals surface area contributed by atoms with Crippen LogP contribution in [0.3, 0.4) is 0 Å². The normalized spacial score (nSPS) is 10.1. The summed E-state index contributed by atoms with van der Waals surface area (Å²) >= 11 is 3.21. The third kappa shape index (κ3) is 2.80. The van der Waals surface area contributed by atoms with E-state index >= 15 is 0 Å². The van der Waals surface area contributed by atoms with E-state index in [2.05, 4.69) is 25.9 Å². The lowest BCUT2D eigenvalue weighted by Crippen LogP contribution is -2.13. The summed E-state index contributed by atoms with van der Waals surface area (Å²) in [6.45, 7) is 0. The van der Waals surface area contributed by atoms with E-state index in [1.165, 1.54) is 24.4 Å². The molecule has 0 saturated carbocycles. The molecule has 0 bridgehead atoms. The van der Waals surface area contributed by atoms with Crippen molar-refractivity contribution in [1.82, 2.24) is 9.97 Å². The number of ether oxygens (including phenoxy) is 1. The van der Waals surface area contributed by atoms with Crippen LogP contribution in [0.5, 0.6) is 11.8 Å². The van der Waals surface area contributed by atoms with Gasteiger partial charge in [0.1, 0.15) is 11.5 Å². The second-order valence-corrected chi connectivity index (χ2v) is 4.23. The SMILES string of the molecule is N=C(N)c1ccnc(Oc2cc(Br)ccc2F)n1. The van der Waals surface area contributed by atoms with E-state index in [9.17, 15) is 4.39 Å². The lowest BCUT2D eigenvalue weighted by molar-refractivity contribution is 0.410. The maximum Gasteiger partial charge on any atom is 0.322 e. The number of nitrogens with two attached hydrogens (primary N) is 1. The largest absolute Gasteiger partial charge is 0.421 e. The predicted molar refractivity (Wildman–Crippen MR) is 67.2 cm³/mol. The van der Waals surface area contributed by atoms with E-state index in [0.717, 1.165) is 0 Å². The maximum absolute atomic E-state index is 13.4. The molecule has 1 aromatic heterocycles. The zero-order valence-corrected chi connectivity index (χ0v) is 10.6. The van der Waals surface area contributed by atoms with Gasteiger partial charge in [0.25, 0.3) is 0 Å². The topological polar surface area (TPSA) is 84.9 Å². The van der Waals surface area contributed by atoms with Crippen molar-refractivity contribution >= 4 is 21.8 Å². The molecule has 2 rings (SSSR count). The van der Waals surface area contributed by atoms with Crippen molar-refractivity contribution in [3.05, 3.63) is 46.4 Å². The summed E-state index contributed by atoms with van der Waals surface area (Å²) in [7, 11) is 0. The van der Waals surface area contributed by atoms with Gasteiger partial charge >= 0.3 is 6.01 Å². The third-order valence-corrected chi connectivity index (χ3v) is 2.50. The molecule has 0 atom stereocenters. The van der Waals surface area contributed by atoms with Gasteiger partial charge in [-0.2, -0.15) is 4.98 Å². The van der Waals surface area contributed by atoms with E-state index in [0.29, 0.717) is 4.47 Å². The fourth-order valence-corrected chi connectivity index (χ4v) is 1.53. The summed E-state index contributed by atoms with van der Waals surface area (Å²) < 4.78 is 19.3. The second-order valence-electron chi connectivity index (χ2n) is 3.31. The molecule has 2 aromatic rings. The Morgan fingerprint density at radius 3 is 2.89 bits per heavy atom. The van der Waals surface area contributed by atoms with Crippen molar-refractivity contribution < 1.29 is 9.13 Å². The molecule has 0 aliphatic rings. The molecule has 0 unspecified atom stereocenters. The van der Waals surface area contributed by atoms with Gasteiger partial charge in [-0.3, -0.25) is 5.41 Å². The molecule has 0 amide bonds. The second kappa shape index (κ2) is 5.09. The molecule has 1 heterocycles. The number of aromatic nitrogens is 2. The van der Waals surface area contributed by atoms with Crippen LogP contribution >= 0.6 is 15.9 Å². The van der Waals surface area contributed by atoms with Crippen molar-refractivity contribution in [2.24, 2.45) is 5.73 Å². The Kier molecular flexibility index (Phi) is 3.52. The number of hydrogen-bond donors (Lipinski definition) is 2. The first-order valence-corrected chi connectivity index (χ1v) is 5.66. The molecular formula is C11H8BrFN4O. The highest BCUT2D eigenvalue weighted by atomic mass is 79.9. The number of amidine groups is 1. The van der Waals surface area contributed by atoms with Crippen molar-refractivity contribution in [3.8, 4) is 11.8 Å². The average molecular weight is 311 g/mol. The van der Waals surface area contributed by atoms with Gasteiger partial charge in [0, 0.05) is 10.7 Å². The number of halogens is 2. The number of nitrogen functional groups attached to an aromatic ring is 1. The van der Waals surface area contributed by atoms with Crippen molar-refractivity contribution in [1.29, 1.82) is 5.41 Å². The maximum atomic E-state index is 13.4. The highest BCUT2D eigenvalue weighted by Crippen LogP contribution is 2.25. The van der Waals surface area contributed by atoms with Crippen LogP contribution in [0.25, 0.3) is 0 Å². The Morgan fingerprint density at radius 2 is 2.17 bits per heavy atom. The van der Waals surface area contributed by atoms with E-state index < -0.39 is 5.82 Å². The summed E-state index contributed by atoms with van der Waals surface area (Å²) in [6.07, 6.45) is 1.38. The van der Waals surface area contributed by atoms with Gasteiger partial charge in [0.2, 0.25) is 0 Å². The summed E-state index contributed by atoms with van der Waals surface area (Å²) in [5, 5.41) is 7.24. The van der Waals surface area contributed by atoms with Gasteiger partial charge in [0.05, 0.1) is 0 Å². The molecule has 0 aliphatic heterocycles. The lowest BCUT2D eigenvalue weighted by Gasteiger charge is -2.06. The minimum Gasteiger partial charge on any atom is -0.421 e. The standard InChI is InChI=1S/C11H8BrFN4O/c12-6-1-2-7(13)9(5-6)18-11-16-4-3-8(17-11)10(14)15/h1-5H,(H3,14,15). The van der Waals surface area contributed by atoms with Crippen LogP contribution in [-0.2, 0) is 0 Å². The Bertz CT molecular complexity index is 605. The van der Waals surface area contributed by atoms with Crippen LogP contribution in [0.4, 0.5) is 4.39 Å². The first kappa shape index (κ1) is 12.4. The van der Waals surface area contributed by atoms with E-state index in [1.807, 2.05) is 0 Å². The molecule has 92 valence electrons. The van der Waals surface area contributed by atoms with Gasteiger partial charge < -0.3 is 10.5 Å². The average Bonchev–Trinajstić information content (AvgIpc) is 2.34.